The summed E-state index contributed by atoms with van der Waals surface area (Å²) < 4.78 is 6.89. The number of rotatable bonds is 3. The van der Waals surface area contributed by atoms with Crippen LogP contribution in [0.15, 0.2) is 41.6 Å². The van der Waals surface area contributed by atoms with E-state index in [0.29, 0.717) is 6.54 Å². The number of ether oxygens (including phenoxy) is 1. The van der Waals surface area contributed by atoms with Crippen LogP contribution in [0.4, 0.5) is 5.69 Å². The molecule has 17 heavy (non-hydrogen) atoms. The number of hydrogen-bond acceptors (Lipinski definition) is 4. The Labute approximate surface area is 98.5 Å². The summed E-state index contributed by atoms with van der Waals surface area (Å²) in [6, 6.07) is 7.68. The van der Waals surface area contributed by atoms with Gasteiger partial charge in [-0.25, -0.2) is 0 Å². The van der Waals surface area contributed by atoms with E-state index in [1.165, 1.54) is 6.33 Å². The summed E-state index contributed by atoms with van der Waals surface area (Å²) in [4.78, 5) is 14.7. The molecule has 0 aliphatic rings. The van der Waals surface area contributed by atoms with Gasteiger partial charge in [-0.2, -0.15) is 4.98 Å². The van der Waals surface area contributed by atoms with Gasteiger partial charge in [0.25, 0.3) is 5.56 Å². The lowest BCUT2D eigenvalue weighted by Gasteiger charge is -2.07. The van der Waals surface area contributed by atoms with Crippen molar-refractivity contribution < 1.29 is 4.74 Å². The minimum absolute atomic E-state index is 0.149. The van der Waals surface area contributed by atoms with Crippen LogP contribution in [-0.2, 0) is 6.54 Å². The molecule has 1 aromatic heterocycles. The Morgan fingerprint density at radius 2 is 2.29 bits per heavy atom. The Balaban J connectivity index is 2.25. The van der Waals surface area contributed by atoms with Gasteiger partial charge >= 0.3 is 0 Å². The number of nitrogen functional groups attached to an aromatic ring is 1. The van der Waals surface area contributed by atoms with Crippen LogP contribution in [0.3, 0.4) is 0 Å². The third-order valence-electron chi connectivity index (χ3n) is 2.37. The molecule has 2 N–H and O–H groups in total. The third-order valence-corrected chi connectivity index (χ3v) is 2.37. The normalized spacial score (nSPS) is 10.2. The van der Waals surface area contributed by atoms with Gasteiger partial charge in [-0.1, -0.05) is 12.1 Å². The fourth-order valence-corrected chi connectivity index (χ4v) is 1.54. The number of hydrogen-bond donors (Lipinski definition) is 1. The first-order valence-electron chi connectivity index (χ1n) is 5.13. The molecule has 0 saturated heterocycles. The van der Waals surface area contributed by atoms with E-state index in [1.54, 1.807) is 17.9 Å². The minimum atomic E-state index is -0.396. The van der Waals surface area contributed by atoms with Crippen LogP contribution in [0, 0.1) is 0 Å². The molecule has 1 aromatic carbocycles. The standard InChI is InChI=1S/C12H13N3O2/c1-17-10-4-2-3-9(5-10)6-15-7-11(13)12(16)14-8-15/h2-5,7-8H,6,13H2,1H3. The van der Waals surface area contributed by atoms with E-state index in [-0.39, 0.29) is 5.69 Å². The highest BCUT2D eigenvalue weighted by Gasteiger charge is 1.99. The molecule has 0 fully saturated rings. The van der Waals surface area contributed by atoms with Crippen LogP contribution in [0.25, 0.3) is 0 Å². The van der Waals surface area contributed by atoms with Crippen LogP contribution >= 0.6 is 0 Å². The molecule has 0 amide bonds. The van der Waals surface area contributed by atoms with Crippen molar-refractivity contribution in [3.63, 3.8) is 0 Å². The molecule has 1 heterocycles. The quantitative estimate of drug-likeness (QED) is 0.851. The number of aromatic nitrogens is 2. The molecule has 88 valence electrons. The highest BCUT2D eigenvalue weighted by Crippen LogP contribution is 2.13. The summed E-state index contributed by atoms with van der Waals surface area (Å²) in [5.74, 6) is 0.796. The molecule has 2 rings (SSSR count). The molecular weight excluding hydrogens is 218 g/mol. The fraction of sp³-hybridized carbons (Fsp3) is 0.167. The molecule has 0 saturated carbocycles. The summed E-state index contributed by atoms with van der Waals surface area (Å²) in [7, 11) is 1.62. The van der Waals surface area contributed by atoms with Gasteiger partial charge in [0, 0.05) is 12.7 Å². The lowest BCUT2D eigenvalue weighted by molar-refractivity contribution is 0.414. The SMILES string of the molecule is COc1cccc(Cn2cnc(=O)c(N)c2)c1. The van der Waals surface area contributed by atoms with E-state index >= 15 is 0 Å². The maximum atomic E-state index is 11.1. The average molecular weight is 231 g/mol. The summed E-state index contributed by atoms with van der Waals surface area (Å²) in [5.41, 5.74) is 6.31. The molecule has 0 aliphatic heterocycles. The Kier molecular flexibility index (Phi) is 3.09. The molecule has 2 aromatic rings. The molecule has 0 spiro atoms. The second-order valence-corrected chi connectivity index (χ2v) is 3.66. The molecule has 0 atom stereocenters. The third kappa shape index (κ3) is 2.63. The van der Waals surface area contributed by atoms with Gasteiger partial charge in [0.1, 0.15) is 11.4 Å². The lowest BCUT2D eigenvalue weighted by Crippen LogP contribution is -2.15. The monoisotopic (exact) mass is 231 g/mol. The van der Waals surface area contributed by atoms with Crippen molar-refractivity contribution in [2.45, 2.75) is 6.54 Å². The summed E-state index contributed by atoms with van der Waals surface area (Å²) in [6.07, 6.45) is 3.05. The van der Waals surface area contributed by atoms with Crippen molar-refractivity contribution in [1.82, 2.24) is 9.55 Å². The number of methoxy groups -OCH3 is 1. The number of nitrogens with zero attached hydrogens (tertiary/aromatic N) is 2. The van der Waals surface area contributed by atoms with E-state index in [2.05, 4.69) is 4.98 Å². The first kappa shape index (κ1) is 11.2. The molecule has 0 unspecified atom stereocenters. The van der Waals surface area contributed by atoms with Crippen molar-refractivity contribution in [3.05, 3.63) is 52.7 Å². The van der Waals surface area contributed by atoms with Crippen LogP contribution in [-0.4, -0.2) is 16.7 Å². The van der Waals surface area contributed by atoms with Crippen molar-refractivity contribution in [3.8, 4) is 5.75 Å². The van der Waals surface area contributed by atoms with Crippen molar-refractivity contribution >= 4 is 5.69 Å². The number of benzene rings is 1. The van der Waals surface area contributed by atoms with Crippen LogP contribution in [0.5, 0.6) is 5.75 Å². The summed E-state index contributed by atoms with van der Waals surface area (Å²) >= 11 is 0. The predicted octanol–water partition coefficient (Wildman–Crippen LogP) is 0.882. The van der Waals surface area contributed by atoms with Gasteiger partial charge in [-0.3, -0.25) is 4.79 Å². The van der Waals surface area contributed by atoms with Crippen molar-refractivity contribution in [2.75, 3.05) is 12.8 Å². The molecule has 5 nitrogen and oxygen atoms in total. The Morgan fingerprint density at radius 1 is 1.47 bits per heavy atom. The van der Waals surface area contributed by atoms with Gasteiger partial charge < -0.3 is 15.0 Å². The smallest absolute Gasteiger partial charge is 0.295 e. The highest BCUT2D eigenvalue weighted by molar-refractivity contribution is 5.32. The van der Waals surface area contributed by atoms with Gasteiger partial charge in [0.05, 0.1) is 13.4 Å². The van der Waals surface area contributed by atoms with Gasteiger partial charge in [-0.15, -0.1) is 0 Å². The Bertz CT molecular complexity index is 578. The maximum Gasteiger partial charge on any atom is 0.295 e. The Morgan fingerprint density at radius 3 is 3.00 bits per heavy atom. The number of nitrogens with two attached hydrogens (primary N) is 1. The molecule has 5 heteroatoms. The molecule has 0 aliphatic carbocycles. The Hall–Kier alpha value is -2.30. The number of anilines is 1. The second-order valence-electron chi connectivity index (χ2n) is 3.66. The van der Waals surface area contributed by atoms with Gasteiger partial charge in [0.2, 0.25) is 0 Å². The molecule has 0 bridgehead atoms. The first-order valence-corrected chi connectivity index (χ1v) is 5.13. The summed E-state index contributed by atoms with van der Waals surface area (Å²) in [5, 5.41) is 0. The van der Waals surface area contributed by atoms with E-state index in [4.69, 9.17) is 10.5 Å². The largest absolute Gasteiger partial charge is 0.497 e. The highest BCUT2D eigenvalue weighted by atomic mass is 16.5. The van der Waals surface area contributed by atoms with Crippen LogP contribution < -0.4 is 16.0 Å². The maximum absolute atomic E-state index is 11.1. The minimum Gasteiger partial charge on any atom is -0.497 e. The van der Waals surface area contributed by atoms with Crippen molar-refractivity contribution in [1.29, 1.82) is 0 Å². The van der Waals surface area contributed by atoms with E-state index < -0.39 is 5.56 Å². The zero-order valence-electron chi connectivity index (χ0n) is 9.46. The van der Waals surface area contributed by atoms with Crippen LogP contribution in [0.1, 0.15) is 5.56 Å². The topological polar surface area (TPSA) is 70.1 Å². The lowest BCUT2D eigenvalue weighted by atomic mass is 10.2. The zero-order valence-corrected chi connectivity index (χ0v) is 9.46. The zero-order chi connectivity index (χ0) is 12.3. The first-order chi connectivity index (χ1) is 8.19. The van der Waals surface area contributed by atoms with Gasteiger partial charge in [0.15, 0.2) is 0 Å². The van der Waals surface area contributed by atoms with E-state index in [1.807, 2.05) is 24.3 Å². The average Bonchev–Trinajstić information content (AvgIpc) is 2.34. The van der Waals surface area contributed by atoms with Gasteiger partial charge in [-0.05, 0) is 17.7 Å². The van der Waals surface area contributed by atoms with E-state index in [9.17, 15) is 4.79 Å². The van der Waals surface area contributed by atoms with Crippen LogP contribution in [0.2, 0.25) is 0 Å². The van der Waals surface area contributed by atoms with Crippen molar-refractivity contribution in [2.24, 2.45) is 0 Å². The fourth-order valence-electron chi connectivity index (χ4n) is 1.54. The molecular formula is C12H13N3O2. The van der Waals surface area contributed by atoms with E-state index in [0.717, 1.165) is 11.3 Å². The predicted molar refractivity (Wildman–Crippen MR) is 65.0 cm³/mol. The molecule has 0 radical (unpaired) electrons. The summed E-state index contributed by atoms with van der Waals surface area (Å²) in [6.45, 7) is 0.592. The second kappa shape index (κ2) is 4.69.